The van der Waals surface area contributed by atoms with E-state index < -0.39 is 11.8 Å². The van der Waals surface area contributed by atoms with Gasteiger partial charge >= 0.3 is 5.97 Å². The molecule has 1 aliphatic rings. The van der Waals surface area contributed by atoms with Crippen molar-refractivity contribution in [2.75, 3.05) is 0 Å². The van der Waals surface area contributed by atoms with Gasteiger partial charge in [-0.2, -0.15) is 4.39 Å². The second-order valence-corrected chi connectivity index (χ2v) is 3.67. The van der Waals surface area contributed by atoms with Crippen molar-refractivity contribution in [2.45, 2.75) is 19.3 Å². The van der Waals surface area contributed by atoms with Gasteiger partial charge in [-0.25, -0.2) is 4.79 Å². The Bertz CT molecular complexity index is 435. The average Bonchev–Trinajstić information content (AvgIpc) is 2.27. The van der Waals surface area contributed by atoms with Crippen LogP contribution in [0.2, 0.25) is 0 Å². The van der Waals surface area contributed by atoms with E-state index in [1.54, 1.807) is 0 Å². The van der Waals surface area contributed by atoms with Gasteiger partial charge in [-0.1, -0.05) is 24.3 Å². The first-order valence-corrected chi connectivity index (χ1v) is 4.86. The number of benzene rings is 1. The Kier molecular flexibility index (Phi) is 2.54. The Labute approximate surface area is 87.0 Å². The lowest BCUT2D eigenvalue weighted by atomic mass is 9.87. The minimum absolute atomic E-state index is 0.404. The Balaban J connectivity index is 2.33. The summed E-state index contributed by atoms with van der Waals surface area (Å²) < 4.78 is 13.2. The highest BCUT2D eigenvalue weighted by Gasteiger charge is 2.19. The molecule has 0 aromatic heterocycles. The number of carboxylic acid groups (broad SMARTS) is 1. The number of halogens is 1. The molecule has 0 atom stereocenters. The second kappa shape index (κ2) is 3.85. The van der Waals surface area contributed by atoms with Gasteiger partial charge in [-0.3, -0.25) is 0 Å². The summed E-state index contributed by atoms with van der Waals surface area (Å²) in [7, 11) is 0. The number of carbonyl (C=O) groups is 1. The van der Waals surface area contributed by atoms with Crippen LogP contribution in [0, 0.1) is 0 Å². The molecule has 3 heteroatoms. The van der Waals surface area contributed by atoms with Crippen molar-refractivity contribution in [1.82, 2.24) is 0 Å². The van der Waals surface area contributed by atoms with Crippen molar-refractivity contribution < 1.29 is 14.3 Å². The molecule has 1 aliphatic carbocycles. The number of hydrogen-bond acceptors (Lipinski definition) is 1. The molecule has 0 amide bonds. The van der Waals surface area contributed by atoms with Crippen molar-refractivity contribution in [3.63, 3.8) is 0 Å². The number of carboxylic acids is 1. The van der Waals surface area contributed by atoms with Crippen LogP contribution >= 0.6 is 0 Å². The average molecular weight is 206 g/mol. The quantitative estimate of drug-likeness (QED) is 0.717. The summed E-state index contributed by atoms with van der Waals surface area (Å²) in [5, 5.41) is 8.55. The van der Waals surface area contributed by atoms with Gasteiger partial charge < -0.3 is 5.11 Å². The molecule has 0 saturated carbocycles. The molecule has 0 saturated heterocycles. The highest BCUT2D eigenvalue weighted by Crippen LogP contribution is 2.27. The topological polar surface area (TPSA) is 37.3 Å². The predicted molar refractivity (Wildman–Crippen MR) is 54.2 cm³/mol. The smallest absolute Gasteiger partial charge is 0.364 e. The van der Waals surface area contributed by atoms with Gasteiger partial charge in [0.1, 0.15) is 0 Å². The molecule has 2 rings (SSSR count). The normalized spacial score (nSPS) is 18.2. The van der Waals surface area contributed by atoms with Gasteiger partial charge in [-0.15, -0.1) is 0 Å². The third kappa shape index (κ3) is 1.91. The van der Waals surface area contributed by atoms with Crippen LogP contribution in [-0.4, -0.2) is 11.1 Å². The fraction of sp³-hybridized carbons (Fsp3) is 0.250. The maximum absolute atomic E-state index is 13.2. The molecule has 1 N–H and O–H groups in total. The maximum Gasteiger partial charge on any atom is 0.364 e. The summed E-state index contributed by atoms with van der Waals surface area (Å²) >= 11 is 0. The molecule has 78 valence electrons. The first-order chi connectivity index (χ1) is 7.18. The number of hydrogen-bond donors (Lipinski definition) is 1. The van der Waals surface area contributed by atoms with Crippen LogP contribution in [0.3, 0.4) is 0 Å². The minimum Gasteiger partial charge on any atom is -0.476 e. The molecule has 0 spiro atoms. The maximum atomic E-state index is 13.2. The SMILES string of the molecule is O=C(O)C(F)=C1CCc2ccccc2C1. The van der Waals surface area contributed by atoms with E-state index in [-0.39, 0.29) is 0 Å². The van der Waals surface area contributed by atoms with Crippen LogP contribution in [-0.2, 0) is 17.6 Å². The molecule has 0 fully saturated rings. The van der Waals surface area contributed by atoms with Gasteiger partial charge in [0.2, 0.25) is 5.83 Å². The zero-order valence-corrected chi connectivity index (χ0v) is 8.16. The second-order valence-electron chi connectivity index (χ2n) is 3.67. The molecular weight excluding hydrogens is 195 g/mol. The first-order valence-electron chi connectivity index (χ1n) is 4.86. The third-order valence-corrected chi connectivity index (χ3v) is 2.72. The standard InChI is InChI=1S/C12H11FO2/c13-11(12(14)15)10-6-5-8-3-1-2-4-9(8)7-10/h1-4H,5-7H2,(H,14,15). The van der Waals surface area contributed by atoms with Gasteiger partial charge in [0, 0.05) is 0 Å². The molecular formula is C12H11FO2. The van der Waals surface area contributed by atoms with E-state index in [0.29, 0.717) is 18.4 Å². The van der Waals surface area contributed by atoms with Crippen molar-refractivity contribution in [3.8, 4) is 0 Å². The Morgan fingerprint density at radius 2 is 1.87 bits per heavy atom. The molecule has 15 heavy (non-hydrogen) atoms. The van der Waals surface area contributed by atoms with E-state index in [9.17, 15) is 9.18 Å². The zero-order valence-electron chi connectivity index (χ0n) is 8.16. The number of aryl methyl sites for hydroxylation is 1. The third-order valence-electron chi connectivity index (χ3n) is 2.72. The van der Waals surface area contributed by atoms with E-state index in [1.807, 2.05) is 24.3 Å². The Hall–Kier alpha value is -1.64. The van der Waals surface area contributed by atoms with E-state index in [0.717, 1.165) is 12.0 Å². The molecule has 1 aromatic carbocycles. The van der Waals surface area contributed by atoms with Crippen molar-refractivity contribution in [2.24, 2.45) is 0 Å². The van der Waals surface area contributed by atoms with Gasteiger partial charge in [-0.05, 0) is 36.0 Å². The highest BCUT2D eigenvalue weighted by molar-refractivity contribution is 5.85. The lowest BCUT2D eigenvalue weighted by molar-refractivity contribution is -0.134. The van der Waals surface area contributed by atoms with Crippen LogP contribution in [0.15, 0.2) is 35.7 Å². The summed E-state index contributed by atoms with van der Waals surface area (Å²) in [6.45, 7) is 0. The van der Waals surface area contributed by atoms with Crippen LogP contribution < -0.4 is 0 Å². The molecule has 0 aliphatic heterocycles. The summed E-state index contributed by atoms with van der Waals surface area (Å²) in [5.41, 5.74) is 2.63. The fourth-order valence-electron chi connectivity index (χ4n) is 1.92. The predicted octanol–water partition coefficient (Wildman–Crippen LogP) is 2.48. The number of aliphatic carboxylic acids is 1. The summed E-state index contributed by atoms with van der Waals surface area (Å²) in [5.74, 6) is -2.44. The lowest BCUT2D eigenvalue weighted by Gasteiger charge is -2.18. The molecule has 0 unspecified atom stereocenters. The van der Waals surface area contributed by atoms with Crippen LogP contribution in [0.4, 0.5) is 4.39 Å². The molecule has 0 radical (unpaired) electrons. The van der Waals surface area contributed by atoms with Crippen molar-refractivity contribution in [1.29, 1.82) is 0 Å². The summed E-state index contributed by atoms with van der Waals surface area (Å²) in [6.07, 6.45) is 1.66. The lowest BCUT2D eigenvalue weighted by Crippen LogP contribution is -2.09. The molecule has 2 nitrogen and oxygen atoms in total. The van der Waals surface area contributed by atoms with E-state index in [2.05, 4.69) is 0 Å². The van der Waals surface area contributed by atoms with Gasteiger partial charge in [0.15, 0.2) is 0 Å². The van der Waals surface area contributed by atoms with Gasteiger partial charge in [0.25, 0.3) is 0 Å². The van der Waals surface area contributed by atoms with Crippen LogP contribution in [0.1, 0.15) is 17.5 Å². The zero-order chi connectivity index (χ0) is 10.8. The van der Waals surface area contributed by atoms with Crippen LogP contribution in [0.25, 0.3) is 0 Å². The molecule has 0 heterocycles. The van der Waals surface area contributed by atoms with Crippen molar-refractivity contribution >= 4 is 5.97 Å². The largest absolute Gasteiger partial charge is 0.476 e. The van der Waals surface area contributed by atoms with Gasteiger partial charge in [0.05, 0.1) is 0 Å². The fourth-order valence-corrected chi connectivity index (χ4v) is 1.92. The van der Waals surface area contributed by atoms with E-state index >= 15 is 0 Å². The van der Waals surface area contributed by atoms with Crippen LogP contribution in [0.5, 0.6) is 0 Å². The summed E-state index contributed by atoms with van der Waals surface area (Å²) in [6, 6.07) is 7.76. The summed E-state index contributed by atoms with van der Waals surface area (Å²) in [4.78, 5) is 10.5. The number of rotatable bonds is 1. The van der Waals surface area contributed by atoms with Crippen molar-refractivity contribution in [3.05, 3.63) is 46.8 Å². The number of allylic oxidation sites excluding steroid dienone is 1. The highest BCUT2D eigenvalue weighted by atomic mass is 19.1. The first kappa shape index (κ1) is 9.90. The number of fused-ring (bicyclic) bond motifs is 1. The Morgan fingerprint density at radius 1 is 1.20 bits per heavy atom. The molecule has 0 bridgehead atoms. The van der Waals surface area contributed by atoms with E-state index in [4.69, 9.17) is 5.11 Å². The Morgan fingerprint density at radius 3 is 2.53 bits per heavy atom. The molecule has 1 aromatic rings. The monoisotopic (exact) mass is 206 g/mol. The minimum atomic E-state index is -1.45. The van der Waals surface area contributed by atoms with E-state index in [1.165, 1.54) is 5.56 Å².